The molecule has 1 aliphatic carbocycles. The molecule has 2 heterocycles. The molecule has 4 rings (SSSR count). The van der Waals surface area contributed by atoms with Gasteiger partial charge in [0.1, 0.15) is 11.4 Å². The monoisotopic (exact) mass is 475 g/mol. The lowest BCUT2D eigenvalue weighted by Gasteiger charge is -2.47. The lowest BCUT2D eigenvalue weighted by atomic mass is 10.0. The molecule has 2 saturated heterocycles. The quantitative estimate of drug-likeness (QED) is 0.602. The minimum atomic E-state index is -0.475. The number of piperazine rings is 1. The van der Waals surface area contributed by atoms with Gasteiger partial charge in [0.15, 0.2) is 0 Å². The number of carbonyl (C=O) groups is 2. The fourth-order valence-electron chi connectivity index (χ4n) is 4.34. The van der Waals surface area contributed by atoms with Crippen LogP contribution in [-0.2, 0) is 9.53 Å². The first kappa shape index (κ1) is 23.9. The summed E-state index contributed by atoms with van der Waals surface area (Å²) >= 11 is 6.40. The molecule has 3 fully saturated rings. The highest BCUT2D eigenvalue weighted by atomic mass is 35.5. The topological polar surface area (TPSA) is 62.3 Å². The maximum Gasteiger partial charge on any atom is 0.410 e. The molecule has 0 atom stereocenters. The Labute approximate surface area is 201 Å². The van der Waals surface area contributed by atoms with Gasteiger partial charge in [-0.05, 0) is 63.3 Å². The normalized spacial score (nSPS) is 20.2. The van der Waals surface area contributed by atoms with E-state index in [-0.39, 0.29) is 12.0 Å². The molecular weight excluding hydrogens is 442 g/mol. The SMILES string of the molecule is COc1cc(Cl)c(C2CC2)cc1C=CC(=O)N1CCN(C2CN(C(=O)OC(C)(C)C)C2)CC1. The summed E-state index contributed by atoms with van der Waals surface area (Å²) < 4.78 is 10.9. The molecule has 2 aliphatic heterocycles. The summed E-state index contributed by atoms with van der Waals surface area (Å²) in [6.45, 7) is 9.97. The number of likely N-dealkylation sites (tertiary alicyclic amines) is 1. The van der Waals surface area contributed by atoms with Gasteiger partial charge in [0.2, 0.25) is 5.91 Å². The van der Waals surface area contributed by atoms with E-state index < -0.39 is 5.60 Å². The molecule has 0 bridgehead atoms. The van der Waals surface area contributed by atoms with E-state index in [2.05, 4.69) is 4.90 Å². The maximum atomic E-state index is 12.8. The van der Waals surface area contributed by atoms with Crippen molar-refractivity contribution >= 4 is 29.7 Å². The molecular formula is C25H34ClN3O4. The Balaban J connectivity index is 1.27. The molecule has 8 heteroatoms. The van der Waals surface area contributed by atoms with Crippen LogP contribution in [0.15, 0.2) is 18.2 Å². The lowest BCUT2D eigenvalue weighted by molar-refractivity contribution is -0.128. The van der Waals surface area contributed by atoms with E-state index in [4.69, 9.17) is 21.1 Å². The predicted molar refractivity (Wildman–Crippen MR) is 129 cm³/mol. The van der Waals surface area contributed by atoms with Crippen molar-refractivity contribution in [1.82, 2.24) is 14.7 Å². The molecule has 0 unspecified atom stereocenters. The second-order valence-electron chi connectivity index (χ2n) is 10.1. The number of hydrogen-bond acceptors (Lipinski definition) is 5. The number of carbonyl (C=O) groups excluding carboxylic acids is 2. The molecule has 0 N–H and O–H groups in total. The fourth-order valence-corrected chi connectivity index (χ4v) is 4.65. The number of amides is 2. The summed E-state index contributed by atoms with van der Waals surface area (Å²) in [6.07, 6.45) is 5.54. The molecule has 0 radical (unpaired) electrons. The van der Waals surface area contributed by atoms with Crippen molar-refractivity contribution in [2.45, 2.75) is 51.2 Å². The van der Waals surface area contributed by atoms with Gasteiger partial charge in [-0.25, -0.2) is 4.79 Å². The molecule has 1 aromatic rings. The minimum absolute atomic E-state index is 0.00335. The highest BCUT2D eigenvalue weighted by Gasteiger charge is 2.38. The maximum absolute atomic E-state index is 12.8. The van der Waals surface area contributed by atoms with Crippen molar-refractivity contribution in [1.29, 1.82) is 0 Å². The van der Waals surface area contributed by atoms with Crippen molar-refractivity contribution in [3.8, 4) is 5.75 Å². The van der Waals surface area contributed by atoms with Crippen molar-refractivity contribution in [3.05, 3.63) is 34.4 Å². The van der Waals surface area contributed by atoms with Gasteiger partial charge < -0.3 is 19.3 Å². The number of nitrogens with zero attached hydrogens (tertiary/aromatic N) is 3. The first-order valence-corrected chi connectivity index (χ1v) is 12.1. The van der Waals surface area contributed by atoms with E-state index in [0.717, 1.165) is 42.1 Å². The van der Waals surface area contributed by atoms with Gasteiger partial charge in [-0.1, -0.05) is 11.6 Å². The van der Waals surface area contributed by atoms with Crippen LogP contribution in [0.1, 0.15) is 50.7 Å². The van der Waals surface area contributed by atoms with E-state index in [1.807, 2.05) is 43.9 Å². The smallest absolute Gasteiger partial charge is 0.410 e. The average Bonchev–Trinajstić information content (AvgIpc) is 3.55. The molecule has 1 saturated carbocycles. The van der Waals surface area contributed by atoms with Crippen LogP contribution in [0.25, 0.3) is 6.08 Å². The van der Waals surface area contributed by atoms with Crippen molar-refractivity contribution in [3.63, 3.8) is 0 Å². The van der Waals surface area contributed by atoms with Crippen molar-refractivity contribution in [2.24, 2.45) is 0 Å². The second kappa shape index (κ2) is 9.55. The Hall–Kier alpha value is -2.25. The Morgan fingerprint density at radius 3 is 2.30 bits per heavy atom. The van der Waals surface area contributed by atoms with Crippen LogP contribution in [0.5, 0.6) is 5.75 Å². The summed E-state index contributed by atoms with van der Waals surface area (Å²) in [6, 6.07) is 4.23. The van der Waals surface area contributed by atoms with Crippen LogP contribution in [0, 0.1) is 0 Å². The van der Waals surface area contributed by atoms with Crippen LogP contribution in [0.3, 0.4) is 0 Å². The summed E-state index contributed by atoms with van der Waals surface area (Å²) in [5.74, 6) is 1.21. The number of methoxy groups -OCH3 is 1. The van der Waals surface area contributed by atoms with E-state index in [1.54, 1.807) is 18.1 Å². The standard InChI is InChI=1S/C25H34ClN3O4/c1-25(2,3)33-24(31)29-15-19(16-29)27-9-11-28(12-10-27)23(30)8-7-18-13-20(17-5-6-17)21(26)14-22(18)32-4/h7-8,13-14,17,19H,5-6,9-12,15-16H2,1-4H3. The third kappa shape index (κ3) is 5.82. The Morgan fingerprint density at radius 1 is 1.06 bits per heavy atom. The second-order valence-corrected chi connectivity index (χ2v) is 10.5. The zero-order valence-corrected chi connectivity index (χ0v) is 20.7. The first-order valence-electron chi connectivity index (χ1n) is 11.7. The number of benzene rings is 1. The fraction of sp³-hybridized carbons (Fsp3) is 0.600. The van der Waals surface area contributed by atoms with E-state index in [1.165, 1.54) is 0 Å². The molecule has 2 amide bonds. The molecule has 7 nitrogen and oxygen atoms in total. The number of ether oxygens (including phenoxy) is 2. The lowest BCUT2D eigenvalue weighted by Crippen LogP contribution is -2.64. The number of hydrogen-bond donors (Lipinski definition) is 0. The zero-order chi connectivity index (χ0) is 23.8. The van der Waals surface area contributed by atoms with Crippen LogP contribution >= 0.6 is 11.6 Å². The average molecular weight is 476 g/mol. The Morgan fingerprint density at radius 2 is 1.73 bits per heavy atom. The van der Waals surface area contributed by atoms with Crippen LogP contribution in [0.2, 0.25) is 5.02 Å². The molecule has 1 aromatic carbocycles. The van der Waals surface area contributed by atoms with E-state index in [9.17, 15) is 9.59 Å². The van der Waals surface area contributed by atoms with Crippen molar-refractivity contribution < 1.29 is 19.1 Å². The van der Waals surface area contributed by atoms with Gasteiger partial charge in [0.25, 0.3) is 0 Å². The van der Waals surface area contributed by atoms with Crippen LogP contribution in [-0.4, -0.2) is 84.7 Å². The van der Waals surface area contributed by atoms with E-state index in [0.29, 0.717) is 43.9 Å². The largest absolute Gasteiger partial charge is 0.496 e. The predicted octanol–water partition coefficient (Wildman–Crippen LogP) is 4.00. The Kier molecular flexibility index (Phi) is 6.91. The van der Waals surface area contributed by atoms with Gasteiger partial charge in [0, 0.05) is 62.0 Å². The van der Waals surface area contributed by atoms with Crippen molar-refractivity contribution in [2.75, 3.05) is 46.4 Å². The highest BCUT2D eigenvalue weighted by Crippen LogP contribution is 2.45. The molecule has 3 aliphatic rings. The zero-order valence-electron chi connectivity index (χ0n) is 20.0. The third-order valence-electron chi connectivity index (χ3n) is 6.43. The summed E-state index contributed by atoms with van der Waals surface area (Å²) in [7, 11) is 1.62. The van der Waals surface area contributed by atoms with Crippen LogP contribution in [0.4, 0.5) is 4.79 Å². The van der Waals surface area contributed by atoms with Gasteiger partial charge in [0.05, 0.1) is 7.11 Å². The first-order chi connectivity index (χ1) is 15.6. The highest BCUT2D eigenvalue weighted by molar-refractivity contribution is 6.31. The van der Waals surface area contributed by atoms with Crippen LogP contribution < -0.4 is 4.74 Å². The number of halogens is 1. The molecule has 33 heavy (non-hydrogen) atoms. The molecule has 0 spiro atoms. The minimum Gasteiger partial charge on any atom is -0.496 e. The third-order valence-corrected chi connectivity index (χ3v) is 6.76. The van der Waals surface area contributed by atoms with Gasteiger partial charge in [-0.2, -0.15) is 0 Å². The van der Waals surface area contributed by atoms with Gasteiger partial charge >= 0.3 is 6.09 Å². The van der Waals surface area contributed by atoms with Gasteiger partial charge in [-0.3, -0.25) is 9.69 Å². The molecule has 0 aromatic heterocycles. The summed E-state index contributed by atoms with van der Waals surface area (Å²) in [5.41, 5.74) is 1.54. The van der Waals surface area contributed by atoms with E-state index >= 15 is 0 Å². The summed E-state index contributed by atoms with van der Waals surface area (Å²) in [5, 5.41) is 0.732. The van der Waals surface area contributed by atoms with Gasteiger partial charge in [-0.15, -0.1) is 0 Å². The number of rotatable bonds is 5. The summed E-state index contributed by atoms with van der Waals surface area (Å²) in [4.78, 5) is 30.9. The Bertz CT molecular complexity index is 924. The molecule has 180 valence electrons.